The fourth-order valence-electron chi connectivity index (χ4n) is 1.00. The molecule has 1 rings (SSSR count). The summed E-state index contributed by atoms with van der Waals surface area (Å²) in [7, 11) is 1.48. The molecule has 0 bridgehead atoms. The van der Waals surface area contributed by atoms with Crippen LogP contribution in [0, 0.1) is 19.7 Å². The highest BCUT2D eigenvalue weighted by Gasteiger charge is 2.07. The molecule has 0 aliphatic rings. The van der Waals surface area contributed by atoms with E-state index in [2.05, 4.69) is 0 Å². The van der Waals surface area contributed by atoms with Gasteiger partial charge in [0.15, 0.2) is 11.6 Å². The summed E-state index contributed by atoms with van der Waals surface area (Å²) in [5, 5.41) is 0. The average molecular weight is 154 g/mol. The third-order valence-corrected chi connectivity index (χ3v) is 1.69. The molecule has 0 radical (unpaired) electrons. The third-order valence-electron chi connectivity index (χ3n) is 1.69. The van der Waals surface area contributed by atoms with Crippen LogP contribution in [0.25, 0.3) is 0 Å². The Morgan fingerprint density at radius 2 is 1.73 bits per heavy atom. The van der Waals surface area contributed by atoms with Crippen molar-refractivity contribution in [1.82, 2.24) is 0 Å². The van der Waals surface area contributed by atoms with Crippen molar-refractivity contribution >= 4 is 0 Å². The van der Waals surface area contributed by atoms with Crippen LogP contribution in [0.15, 0.2) is 12.1 Å². The van der Waals surface area contributed by atoms with Gasteiger partial charge in [-0.1, -0.05) is 12.1 Å². The summed E-state index contributed by atoms with van der Waals surface area (Å²) < 4.78 is 18.0. The molecule has 0 spiro atoms. The van der Waals surface area contributed by atoms with Crippen LogP contribution >= 0.6 is 0 Å². The zero-order valence-corrected chi connectivity index (χ0v) is 6.94. The summed E-state index contributed by atoms with van der Waals surface area (Å²) >= 11 is 0. The van der Waals surface area contributed by atoms with Gasteiger partial charge in [0.25, 0.3) is 0 Å². The molecule has 11 heavy (non-hydrogen) atoms. The van der Waals surface area contributed by atoms with E-state index in [0.29, 0.717) is 11.3 Å². The zero-order valence-electron chi connectivity index (χ0n) is 6.94. The van der Waals surface area contributed by atoms with Gasteiger partial charge >= 0.3 is 0 Å². The second-order valence-electron chi connectivity index (χ2n) is 2.55. The number of rotatable bonds is 1. The molecule has 0 heterocycles. The van der Waals surface area contributed by atoms with E-state index >= 15 is 0 Å². The molecule has 0 aliphatic carbocycles. The minimum Gasteiger partial charge on any atom is -0.493 e. The van der Waals surface area contributed by atoms with E-state index in [-0.39, 0.29) is 5.82 Å². The summed E-state index contributed by atoms with van der Waals surface area (Å²) in [6, 6.07) is 3.59. The summed E-state index contributed by atoms with van der Waals surface area (Å²) in [5.74, 6) is 0.0949. The monoisotopic (exact) mass is 154 g/mol. The molecule has 0 atom stereocenters. The van der Waals surface area contributed by atoms with E-state index in [9.17, 15) is 4.39 Å². The molecule has 0 aliphatic heterocycles. The SMILES string of the molecule is COc1c(C)ccc(C)c1F. The van der Waals surface area contributed by atoms with Gasteiger partial charge in [-0.15, -0.1) is 0 Å². The minimum absolute atomic E-state index is 0.257. The quantitative estimate of drug-likeness (QED) is 0.603. The lowest BCUT2D eigenvalue weighted by molar-refractivity contribution is 0.382. The molecule has 0 aromatic heterocycles. The van der Waals surface area contributed by atoms with Crippen LogP contribution in [-0.2, 0) is 0 Å². The number of methoxy groups -OCH3 is 1. The number of benzene rings is 1. The Bertz CT molecular complexity index is 269. The van der Waals surface area contributed by atoms with Crippen molar-refractivity contribution in [3.8, 4) is 5.75 Å². The summed E-state index contributed by atoms with van der Waals surface area (Å²) in [5.41, 5.74) is 1.45. The fraction of sp³-hybridized carbons (Fsp3) is 0.333. The zero-order chi connectivity index (χ0) is 8.43. The Kier molecular flexibility index (Phi) is 2.13. The van der Waals surface area contributed by atoms with Crippen LogP contribution in [0.3, 0.4) is 0 Å². The van der Waals surface area contributed by atoms with E-state index < -0.39 is 0 Å². The van der Waals surface area contributed by atoms with E-state index in [4.69, 9.17) is 4.74 Å². The van der Waals surface area contributed by atoms with Crippen molar-refractivity contribution in [2.24, 2.45) is 0 Å². The standard InChI is InChI=1S/C9H11FO/c1-6-4-5-7(2)9(11-3)8(6)10/h4-5H,1-3H3. The van der Waals surface area contributed by atoms with Crippen LogP contribution in [0.5, 0.6) is 5.75 Å². The molecule has 0 N–H and O–H groups in total. The predicted molar refractivity (Wildman–Crippen MR) is 42.4 cm³/mol. The van der Waals surface area contributed by atoms with Crippen LogP contribution in [0.2, 0.25) is 0 Å². The Morgan fingerprint density at radius 1 is 1.18 bits per heavy atom. The predicted octanol–water partition coefficient (Wildman–Crippen LogP) is 2.45. The lowest BCUT2D eigenvalue weighted by atomic mass is 10.1. The first kappa shape index (κ1) is 8.05. The van der Waals surface area contributed by atoms with Gasteiger partial charge in [0.05, 0.1) is 7.11 Å². The molecule has 1 aromatic rings. The molecule has 0 saturated heterocycles. The van der Waals surface area contributed by atoms with Gasteiger partial charge < -0.3 is 4.74 Å². The first-order chi connectivity index (χ1) is 5.16. The minimum atomic E-state index is -0.257. The summed E-state index contributed by atoms with van der Waals surface area (Å²) in [6.07, 6.45) is 0. The first-order valence-electron chi connectivity index (χ1n) is 3.46. The molecule has 0 fully saturated rings. The van der Waals surface area contributed by atoms with E-state index in [1.807, 2.05) is 13.0 Å². The number of halogens is 1. The van der Waals surface area contributed by atoms with Gasteiger partial charge in [0.2, 0.25) is 0 Å². The maximum absolute atomic E-state index is 13.1. The fourth-order valence-corrected chi connectivity index (χ4v) is 1.00. The van der Waals surface area contributed by atoms with Gasteiger partial charge in [-0.2, -0.15) is 0 Å². The Labute approximate surface area is 65.8 Å². The second kappa shape index (κ2) is 2.91. The van der Waals surface area contributed by atoms with Crippen LogP contribution < -0.4 is 4.74 Å². The number of ether oxygens (including phenoxy) is 1. The lowest BCUT2D eigenvalue weighted by Gasteiger charge is -2.06. The molecule has 60 valence electrons. The van der Waals surface area contributed by atoms with Crippen molar-refractivity contribution in [2.45, 2.75) is 13.8 Å². The van der Waals surface area contributed by atoms with Crippen molar-refractivity contribution < 1.29 is 9.13 Å². The van der Waals surface area contributed by atoms with Crippen molar-refractivity contribution in [2.75, 3.05) is 7.11 Å². The van der Waals surface area contributed by atoms with Gasteiger partial charge in [-0.25, -0.2) is 4.39 Å². The third kappa shape index (κ3) is 1.34. The van der Waals surface area contributed by atoms with Crippen molar-refractivity contribution in [1.29, 1.82) is 0 Å². The van der Waals surface area contributed by atoms with Gasteiger partial charge in [-0.3, -0.25) is 0 Å². The van der Waals surface area contributed by atoms with Crippen molar-refractivity contribution in [3.63, 3.8) is 0 Å². The maximum Gasteiger partial charge on any atom is 0.168 e. The average Bonchev–Trinajstić information content (AvgIpc) is 1.99. The molecule has 1 nitrogen and oxygen atoms in total. The van der Waals surface area contributed by atoms with Crippen LogP contribution in [-0.4, -0.2) is 7.11 Å². The highest BCUT2D eigenvalue weighted by atomic mass is 19.1. The highest BCUT2D eigenvalue weighted by Crippen LogP contribution is 2.23. The molecule has 2 heteroatoms. The molecule has 0 saturated carbocycles. The lowest BCUT2D eigenvalue weighted by Crippen LogP contribution is -1.93. The van der Waals surface area contributed by atoms with Crippen molar-refractivity contribution in [3.05, 3.63) is 29.1 Å². The van der Waals surface area contributed by atoms with Gasteiger partial charge in [0, 0.05) is 0 Å². The second-order valence-corrected chi connectivity index (χ2v) is 2.55. The summed E-state index contributed by atoms with van der Waals surface area (Å²) in [6.45, 7) is 3.54. The van der Waals surface area contributed by atoms with Gasteiger partial charge in [-0.05, 0) is 25.0 Å². The molecule has 0 amide bonds. The normalized spacial score (nSPS) is 9.82. The number of hydrogen-bond donors (Lipinski definition) is 0. The van der Waals surface area contributed by atoms with E-state index in [0.717, 1.165) is 5.56 Å². The van der Waals surface area contributed by atoms with Crippen LogP contribution in [0.4, 0.5) is 4.39 Å². The van der Waals surface area contributed by atoms with E-state index in [1.165, 1.54) is 7.11 Å². The highest BCUT2D eigenvalue weighted by molar-refractivity contribution is 5.37. The molecular weight excluding hydrogens is 143 g/mol. The topological polar surface area (TPSA) is 9.23 Å². The van der Waals surface area contributed by atoms with Crippen LogP contribution in [0.1, 0.15) is 11.1 Å². The van der Waals surface area contributed by atoms with Gasteiger partial charge in [0.1, 0.15) is 0 Å². The molecule has 0 unspecified atom stereocenters. The molecular formula is C9H11FO. The molecule has 1 aromatic carbocycles. The Hall–Kier alpha value is -1.05. The number of hydrogen-bond acceptors (Lipinski definition) is 1. The number of aryl methyl sites for hydroxylation is 2. The Morgan fingerprint density at radius 3 is 2.18 bits per heavy atom. The summed E-state index contributed by atoms with van der Waals surface area (Å²) in [4.78, 5) is 0. The maximum atomic E-state index is 13.1. The van der Waals surface area contributed by atoms with E-state index in [1.54, 1.807) is 13.0 Å². The Balaban J connectivity index is 3.29. The smallest absolute Gasteiger partial charge is 0.168 e. The largest absolute Gasteiger partial charge is 0.493 e. The first-order valence-corrected chi connectivity index (χ1v) is 3.46.